The van der Waals surface area contributed by atoms with Gasteiger partial charge in [-0.2, -0.15) is 0 Å². The third-order valence-corrected chi connectivity index (χ3v) is 5.39. The summed E-state index contributed by atoms with van der Waals surface area (Å²) in [5.74, 6) is 1.39. The number of rotatable bonds is 3. The Labute approximate surface area is 131 Å². The molecule has 1 aliphatic carbocycles. The first-order valence-electron chi connectivity index (χ1n) is 7.80. The van der Waals surface area contributed by atoms with Crippen LogP contribution in [0, 0.1) is 0 Å². The van der Waals surface area contributed by atoms with Gasteiger partial charge >= 0.3 is 0 Å². The van der Waals surface area contributed by atoms with E-state index in [-0.39, 0.29) is 11.5 Å². The van der Waals surface area contributed by atoms with E-state index in [2.05, 4.69) is 4.90 Å². The third-order valence-electron chi connectivity index (χ3n) is 5.39. The summed E-state index contributed by atoms with van der Waals surface area (Å²) in [6.07, 6.45) is 1.08. The summed E-state index contributed by atoms with van der Waals surface area (Å²) in [7, 11) is 5.30. The number of likely N-dealkylation sites (N-methyl/N-ethyl adjacent to an activating group) is 1. The second-order valence-electron chi connectivity index (χ2n) is 6.56. The number of aliphatic hydroxyl groups is 2. The molecular weight excluding hydrogens is 282 g/mol. The van der Waals surface area contributed by atoms with Crippen LogP contribution in [-0.4, -0.2) is 61.2 Å². The Morgan fingerprint density at radius 3 is 2.59 bits per heavy atom. The van der Waals surface area contributed by atoms with Crippen molar-refractivity contribution in [3.63, 3.8) is 0 Å². The van der Waals surface area contributed by atoms with E-state index in [1.807, 2.05) is 25.2 Å². The van der Waals surface area contributed by atoms with Gasteiger partial charge in [0.1, 0.15) is 0 Å². The number of hydrogen-bond acceptors (Lipinski definition) is 5. The lowest BCUT2D eigenvalue weighted by molar-refractivity contribution is -0.0375. The van der Waals surface area contributed by atoms with Gasteiger partial charge in [-0.3, -0.25) is 4.90 Å². The molecule has 3 rings (SSSR count). The standard InChI is InChI=1S/C17H25NO4/c1-18-7-6-17(10-12(19)9-13(20)16(17)18)11-4-5-14(21-2)15(8-11)22-3/h4-5,8,12-13,16,19-20H,6-7,9-10H2,1-3H3/t12?,13?,16?,17-/m1/s1. The number of benzene rings is 1. The van der Waals surface area contributed by atoms with Crippen molar-refractivity contribution in [2.45, 2.75) is 42.9 Å². The Morgan fingerprint density at radius 1 is 1.18 bits per heavy atom. The van der Waals surface area contributed by atoms with Crippen molar-refractivity contribution in [3.8, 4) is 11.5 Å². The predicted molar refractivity (Wildman–Crippen MR) is 83.5 cm³/mol. The molecule has 1 heterocycles. The average molecular weight is 307 g/mol. The van der Waals surface area contributed by atoms with Crippen LogP contribution in [0.5, 0.6) is 11.5 Å². The van der Waals surface area contributed by atoms with Crippen LogP contribution >= 0.6 is 0 Å². The smallest absolute Gasteiger partial charge is 0.161 e. The van der Waals surface area contributed by atoms with Gasteiger partial charge in [0, 0.05) is 17.9 Å². The number of likely N-dealkylation sites (tertiary alicyclic amines) is 1. The van der Waals surface area contributed by atoms with Crippen LogP contribution in [0.3, 0.4) is 0 Å². The summed E-state index contributed by atoms with van der Waals surface area (Å²) in [6.45, 7) is 0.919. The van der Waals surface area contributed by atoms with Crippen molar-refractivity contribution < 1.29 is 19.7 Å². The zero-order chi connectivity index (χ0) is 15.9. The number of methoxy groups -OCH3 is 2. The largest absolute Gasteiger partial charge is 0.493 e. The van der Waals surface area contributed by atoms with Crippen LogP contribution < -0.4 is 9.47 Å². The minimum Gasteiger partial charge on any atom is -0.493 e. The average Bonchev–Trinajstić information content (AvgIpc) is 2.84. The van der Waals surface area contributed by atoms with Gasteiger partial charge in [-0.25, -0.2) is 0 Å². The van der Waals surface area contributed by atoms with Crippen LogP contribution in [-0.2, 0) is 5.41 Å². The molecule has 1 aliphatic heterocycles. The molecule has 2 N–H and O–H groups in total. The van der Waals surface area contributed by atoms with Crippen molar-refractivity contribution in [2.24, 2.45) is 0 Å². The summed E-state index contributed by atoms with van der Waals surface area (Å²) in [5.41, 5.74) is 0.878. The summed E-state index contributed by atoms with van der Waals surface area (Å²) < 4.78 is 10.7. The second kappa shape index (κ2) is 5.72. The SMILES string of the molecule is COc1ccc([C@]23CCN(C)C2C(O)CC(O)C3)cc1OC. The fraction of sp³-hybridized carbons (Fsp3) is 0.647. The first-order chi connectivity index (χ1) is 10.5. The van der Waals surface area contributed by atoms with Gasteiger partial charge < -0.3 is 19.7 Å². The van der Waals surface area contributed by atoms with E-state index < -0.39 is 12.2 Å². The molecule has 1 saturated heterocycles. The Bertz CT molecular complexity index is 549. The normalized spacial score (nSPS) is 35.2. The summed E-state index contributed by atoms with van der Waals surface area (Å²) >= 11 is 0. The molecule has 0 bridgehead atoms. The van der Waals surface area contributed by atoms with Crippen molar-refractivity contribution in [3.05, 3.63) is 23.8 Å². The maximum absolute atomic E-state index is 10.5. The van der Waals surface area contributed by atoms with Gasteiger partial charge in [-0.1, -0.05) is 6.07 Å². The molecule has 3 unspecified atom stereocenters. The van der Waals surface area contributed by atoms with Crippen LogP contribution in [0.1, 0.15) is 24.8 Å². The van der Waals surface area contributed by atoms with E-state index in [9.17, 15) is 10.2 Å². The lowest BCUT2D eigenvalue weighted by Crippen LogP contribution is -2.55. The van der Waals surface area contributed by atoms with E-state index >= 15 is 0 Å². The van der Waals surface area contributed by atoms with Gasteiger partial charge in [0.2, 0.25) is 0 Å². The Morgan fingerprint density at radius 2 is 1.91 bits per heavy atom. The van der Waals surface area contributed by atoms with Gasteiger partial charge in [0.15, 0.2) is 11.5 Å². The van der Waals surface area contributed by atoms with Crippen molar-refractivity contribution in [1.82, 2.24) is 4.90 Å². The van der Waals surface area contributed by atoms with Crippen molar-refractivity contribution in [1.29, 1.82) is 0 Å². The third kappa shape index (κ3) is 2.28. The fourth-order valence-electron chi connectivity index (χ4n) is 4.46. The van der Waals surface area contributed by atoms with E-state index in [1.54, 1.807) is 14.2 Å². The minimum absolute atomic E-state index is 0.0361. The molecule has 0 spiro atoms. The van der Waals surface area contributed by atoms with E-state index in [0.29, 0.717) is 24.3 Å². The molecule has 1 aromatic carbocycles. The van der Waals surface area contributed by atoms with E-state index in [0.717, 1.165) is 18.5 Å². The molecule has 0 radical (unpaired) electrons. The lowest BCUT2D eigenvalue weighted by Gasteiger charge is -2.46. The lowest BCUT2D eigenvalue weighted by atomic mass is 9.64. The van der Waals surface area contributed by atoms with Gasteiger partial charge in [0.25, 0.3) is 0 Å². The number of aliphatic hydroxyl groups excluding tert-OH is 2. The number of nitrogens with zero attached hydrogens (tertiary/aromatic N) is 1. The molecule has 1 aromatic rings. The highest BCUT2D eigenvalue weighted by atomic mass is 16.5. The molecule has 5 heteroatoms. The zero-order valence-corrected chi connectivity index (χ0v) is 13.5. The highest BCUT2D eigenvalue weighted by Crippen LogP contribution is 2.49. The van der Waals surface area contributed by atoms with Crippen LogP contribution in [0.15, 0.2) is 18.2 Å². The van der Waals surface area contributed by atoms with Crippen LogP contribution in [0.25, 0.3) is 0 Å². The monoisotopic (exact) mass is 307 g/mol. The van der Waals surface area contributed by atoms with E-state index in [1.165, 1.54) is 0 Å². The van der Waals surface area contributed by atoms with Gasteiger partial charge in [-0.15, -0.1) is 0 Å². The van der Waals surface area contributed by atoms with Crippen LogP contribution in [0.2, 0.25) is 0 Å². The molecule has 4 atom stereocenters. The quantitative estimate of drug-likeness (QED) is 0.877. The minimum atomic E-state index is -0.510. The van der Waals surface area contributed by atoms with Gasteiger partial charge in [-0.05, 0) is 44.1 Å². The number of hydrogen-bond donors (Lipinski definition) is 2. The molecule has 2 fully saturated rings. The molecule has 2 aliphatic rings. The maximum Gasteiger partial charge on any atom is 0.161 e. The second-order valence-corrected chi connectivity index (χ2v) is 6.56. The summed E-state index contributed by atoms with van der Waals surface area (Å²) in [6, 6.07) is 5.98. The molecule has 1 saturated carbocycles. The topological polar surface area (TPSA) is 62.2 Å². The molecule has 122 valence electrons. The Hall–Kier alpha value is -1.30. The van der Waals surface area contributed by atoms with Gasteiger partial charge in [0.05, 0.1) is 26.4 Å². The first kappa shape index (κ1) is 15.6. The zero-order valence-electron chi connectivity index (χ0n) is 13.5. The fourth-order valence-corrected chi connectivity index (χ4v) is 4.46. The number of ether oxygens (including phenoxy) is 2. The van der Waals surface area contributed by atoms with Crippen molar-refractivity contribution in [2.75, 3.05) is 27.8 Å². The molecule has 0 amide bonds. The Kier molecular flexibility index (Phi) is 4.05. The first-order valence-corrected chi connectivity index (χ1v) is 7.80. The summed E-state index contributed by atoms with van der Waals surface area (Å²) in [4.78, 5) is 2.22. The van der Waals surface area contributed by atoms with E-state index in [4.69, 9.17) is 9.47 Å². The van der Waals surface area contributed by atoms with Crippen LogP contribution in [0.4, 0.5) is 0 Å². The molecule has 22 heavy (non-hydrogen) atoms. The molecule has 5 nitrogen and oxygen atoms in total. The van der Waals surface area contributed by atoms with Crippen molar-refractivity contribution >= 4 is 0 Å². The summed E-state index contributed by atoms with van der Waals surface area (Å²) in [5, 5.41) is 20.7. The number of fused-ring (bicyclic) bond motifs is 1. The maximum atomic E-state index is 10.5. The Balaban J connectivity index is 2.07. The highest BCUT2D eigenvalue weighted by molar-refractivity contribution is 5.46. The molecule has 0 aromatic heterocycles. The highest BCUT2D eigenvalue weighted by Gasteiger charge is 2.54. The predicted octanol–water partition coefficient (Wildman–Crippen LogP) is 1.16. The molecular formula is C17H25NO4.